The average molecular weight is 499 g/mol. The van der Waals surface area contributed by atoms with Crippen molar-refractivity contribution in [2.75, 3.05) is 0 Å². The lowest BCUT2D eigenvalue weighted by atomic mass is 10.3. The van der Waals surface area contributed by atoms with E-state index in [1.807, 2.05) is 91.0 Å². The Morgan fingerprint density at radius 3 is 1.86 bits per heavy atom. The summed E-state index contributed by atoms with van der Waals surface area (Å²) in [5.74, 6) is 0.0995. The molecule has 0 radical (unpaired) electrons. The molecule has 5 aromatic rings. The van der Waals surface area contributed by atoms with E-state index < -0.39 is 25.5 Å². The summed E-state index contributed by atoms with van der Waals surface area (Å²) in [6.07, 6.45) is 0.545. The van der Waals surface area contributed by atoms with Gasteiger partial charge in [0.1, 0.15) is 6.33 Å². The second kappa shape index (κ2) is 9.13. The fraction of sp³-hybridized carbons (Fsp3) is 0.0741. The molecule has 2 atom stereocenters. The first-order valence-corrected chi connectivity index (χ1v) is 13.1. The number of aromatic nitrogens is 4. The van der Waals surface area contributed by atoms with Gasteiger partial charge in [-0.3, -0.25) is 4.57 Å². The molecule has 6 nitrogen and oxygen atoms in total. The molecule has 3 heterocycles. The number of imidazole rings is 1. The van der Waals surface area contributed by atoms with Crippen LogP contribution in [0.4, 0.5) is 14.6 Å². The SMILES string of the molecule is Fc1nc(N=P(c2ccccc2)(c2ccccc2)c2ccccc2)c2ncn([C@@H]3OC=C[C@@H]3F)c2n1. The summed E-state index contributed by atoms with van der Waals surface area (Å²) in [5.41, 5.74) is 0.385. The molecule has 36 heavy (non-hydrogen) atoms. The number of hydrogen-bond donors (Lipinski definition) is 0. The quantitative estimate of drug-likeness (QED) is 0.248. The Morgan fingerprint density at radius 1 is 0.806 bits per heavy atom. The Labute approximate surface area is 206 Å². The maximum Gasteiger partial charge on any atom is 0.312 e. The summed E-state index contributed by atoms with van der Waals surface area (Å²) in [6.45, 7) is 0. The van der Waals surface area contributed by atoms with E-state index in [-0.39, 0.29) is 17.0 Å². The van der Waals surface area contributed by atoms with Gasteiger partial charge < -0.3 is 4.74 Å². The van der Waals surface area contributed by atoms with E-state index in [1.54, 1.807) is 0 Å². The van der Waals surface area contributed by atoms with E-state index in [2.05, 4.69) is 15.0 Å². The van der Waals surface area contributed by atoms with Crippen molar-refractivity contribution in [3.63, 3.8) is 0 Å². The van der Waals surface area contributed by atoms with E-state index in [0.29, 0.717) is 0 Å². The van der Waals surface area contributed by atoms with E-state index in [4.69, 9.17) is 9.48 Å². The number of rotatable bonds is 5. The summed E-state index contributed by atoms with van der Waals surface area (Å²) >= 11 is 0. The number of nitrogens with zero attached hydrogens (tertiary/aromatic N) is 5. The minimum atomic E-state index is -2.73. The van der Waals surface area contributed by atoms with Crippen LogP contribution in [0.5, 0.6) is 0 Å². The summed E-state index contributed by atoms with van der Waals surface area (Å²) in [4.78, 5) is 12.4. The van der Waals surface area contributed by atoms with Crippen LogP contribution in [0.15, 0.2) is 114 Å². The predicted molar refractivity (Wildman–Crippen MR) is 137 cm³/mol. The Balaban J connectivity index is 1.70. The number of alkyl halides is 1. The van der Waals surface area contributed by atoms with Crippen LogP contribution in [-0.2, 0) is 4.74 Å². The van der Waals surface area contributed by atoms with E-state index in [1.165, 1.54) is 23.2 Å². The maximum atomic E-state index is 14.9. The van der Waals surface area contributed by atoms with Crippen molar-refractivity contribution in [1.29, 1.82) is 0 Å². The van der Waals surface area contributed by atoms with Crippen LogP contribution in [0.2, 0.25) is 0 Å². The monoisotopic (exact) mass is 499 g/mol. The predicted octanol–water partition coefficient (Wildman–Crippen LogP) is 5.16. The van der Waals surface area contributed by atoms with Crippen molar-refractivity contribution >= 4 is 39.9 Å². The summed E-state index contributed by atoms with van der Waals surface area (Å²) in [6, 6.07) is 29.7. The van der Waals surface area contributed by atoms with Gasteiger partial charge >= 0.3 is 6.08 Å². The average Bonchev–Trinajstić information content (AvgIpc) is 3.54. The van der Waals surface area contributed by atoms with Crippen LogP contribution >= 0.6 is 7.05 Å². The molecule has 9 heteroatoms. The topological polar surface area (TPSA) is 65.2 Å². The minimum absolute atomic E-state index is 0.0995. The van der Waals surface area contributed by atoms with Crippen molar-refractivity contribution in [3.05, 3.63) is 116 Å². The normalized spacial score (nSPS) is 17.3. The van der Waals surface area contributed by atoms with Crippen molar-refractivity contribution in [2.45, 2.75) is 12.4 Å². The van der Waals surface area contributed by atoms with Crippen LogP contribution in [0, 0.1) is 6.08 Å². The van der Waals surface area contributed by atoms with Crippen LogP contribution in [0.3, 0.4) is 0 Å². The molecule has 1 aliphatic heterocycles. The van der Waals surface area contributed by atoms with Gasteiger partial charge in [0.25, 0.3) is 0 Å². The van der Waals surface area contributed by atoms with Crippen LogP contribution in [0.1, 0.15) is 6.23 Å². The van der Waals surface area contributed by atoms with Gasteiger partial charge in [0, 0.05) is 15.9 Å². The zero-order chi connectivity index (χ0) is 24.5. The first kappa shape index (κ1) is 22.3. The van der Waals surface area contributed by atoms with Crippen molar-refractivity contribution in [3.8, 4) is 0 Å². The highest BCUT2D eigenvalue weighted by Gasteiger charge is 2.31. The number of ether oxygens (including phenoxy) is 1. The van der Waals surface area contributed by atoms with Gasteiger partial charge in [-0.2, -0.15) is 14.4 Å². The first-order chi connectivity index (χ1) is 17.7. The standard InChI is InChI=1S/C27H20F2N5OP/c28-22-16-17-35-26(22)34-18-30-23-24(31-27(29)32-25(23)34)33-36(19-10-4-1-5-11-19,20-12-6-2-7-13-20)21-14-8-3-9-15-21/h1-18,22,26H/t22-,26+/m0/s1. The van der Waals surface area contributed by atoms with Crippen LogP contribution in [-0.4, -0.2) is 25.7 Å². The zero-order valence-electron chi connectivity index (χ0n) is 18.9. The number of benzene rings is 3. The molecule has 2 aromatic heterocycles. The van der Waals surface area contributed by atoms with Crippen molar-refractivity contribution in [2.24, 2.45) is 4.74 Å². The molecular weight excluding hydrogens is 479 g/mol. The number of halogens is 2. The van der Waals surface area contributed by atoms with Crippen molar-refractivity contribution in [1.82, 2.24) is 19.5 Å². The number of fused-ring (bicyclic) bond motifs is 1. The summed E-state index contributed by atoms with van der Waals surface area (Å²) < 4.78 is 41.2. The Kier molecular flexibility index (Phi) is 5.66. The largest absolute Gasteiger partial charge is 0.474 e. The summed E-state index contributed by atoms with van der Waals surface area (Å²) in [5, 5.41) is 2.92. The highest BCUT2D eigenvalue weighted by molar-refractivity contribution is 7.87. The fourth-order valence-electron chi connectivity index (χ4n) is 4.42. The van der Waals surface area contributed by atoms with Gasteiger partial charge in [-0.15, -0.1) is 0 Å². The van der Waals surface area contributed by atoms with E-state index >= 15 is 0 Å². The van der Waals surface area contributed by atoms with E-state index in [0.717, 1.165) is 15.9 Å². The first-order valence-electron chi connectivity index (χ1n) is 11.3. The van der Waals surface area contributed by atoms with Gasteiger partial charge in [-0.25, -0.2) is 14.1 Å². The highest BCUT2D eigenvalue weighted by atomic mass is 31.2. The molecule has 0 fully saturated rings. The second-order valence-corrected chi connectivity index (χ2v) is 11.2. The van der Waals surface area contributed by atoms with Crippen molar-refractivity contribution < 1.29 is 13.5 Å². The lowest BCUT2D eigenvalue weighted by Gasteiger charge is -2.26. The zero-order valence-corrected chi connectivity index (χ0v) is 19.8. The molecule has 3 aromatic carbocycles. The fourth-order valence-corrected chi connectivity index (χ4v) is 7.89. The molecule has 0 aliphatic carbocycles. The van der Waals surface area contributed by atoms with Gasteiger partial charge in [0.15, 0.2) is 23.2 Å². The van der Waals surface area contributed by atoms with Gasteiger partial charge in [-0.05, 0) is 6.08 Å². The van der Waals surface area contributed by atoms with Gasteiger partial charge in [-0.1, -0.05) is 91.0 Å². The molecule has 0 amide bonds. The minimum Gasteiger partial charge on any atom is -0.474 e. The van der Waals surface area contributed by atoms with E-state index in [9.17, 15) is 8.78 Å². The maximum absolute atomic E-state index is 14.9. The molecule has 0 spiro atoms. The third-order valence-corrected chi connectivity index (χ3v) is 9.66. The molecule has 0 N–H and O–H groups in total. The number of hydrogen-bond acceptors (Lipinski definition) is 5. The van der Waals surface area contributed by atoms with Gasteiger partial charge in [0.2, 0.25) is 6.23 Å². The van der Waals surface area contributed by atoms with Crippen LogP contribution < -0.4 is 15.9 Å². The summed E-state index contributed by atoms with van der Waals surface area (Å²) in [7, 11) is -2.73. The molecule has 0 bridgehead atoms. The second-order valence-electron chi connectivity index (χ2n) is 8.18. The smallest absolute Gasteiger partial charge is 0.312 e. The molecule has 0 unspecified atom stereocenters. The Bertz CT molecular complexity index is 1500. The van der Waals surface area contributed by atoms with Gasteiger partial charge in [0.05, 0.1) is 13.3 Å². The molecule has 0 saturated carbocycles. The lowest BCUT2D eigenvalue weighted by molar-refractivity contribution is 0.0540. The molecule has 0 saturated heterocycles. The van der Waals surface area contributed by atoms with Crippen LogP contribution in [0.25, 0.3) is 11.2 Å². The lowest BCUT2D eigenvalue weighted by Crippen LogP contribution is -2.25. The Morgan fingerprint density at radius 2 is 1.36 bits per heavy atom. The third kappa shape index (κ3) is 3.71. The highest BCUT2D eigenvalue weighted by Crippen LogP contribution is 2.49. The molecule has 6 rings (SSSR count). The Hall–Kier alpha value is -4.16. The third-order valence-electron chi connectivity index (χ3n) is 6.04. The molecule has 178 valence electrons. The molecular formula is C27H20F2N5OP. The molecule has 1 aliphatic rings.